The van der Waals surface area contributed by atoms with E-state index in [4.69, 9.17) is 4.42 Å². The zero-order chi connectivity index (χ0) is 20.7. The van der Waals surface area contributed by atoms with E-state index in [1.165, 1.54) is 23.0 Å². The maximum absolute atomic E-state index is 12.2. The van der Waals surface area contributed by atoms with Gasteiger partial charge in [0, 0.05) is 0 Å². The van der Waals surface area contributed by atoms with E-state index in [0.29, 0.717) is 5.75 Å². The molecule has 0 aliphatic heterocycles. The summed E-state index contributed by atoms with van der Waals surface area (Å²) in [6.45, 7) is 0. The number of furan rings is 1. The number of benzene rings is 3. The van der Waals surface area contributed by atoms with Crippen LogP contribution in [0.3, 0.4) is 0 Å². The average molecular weight is 409 g/mol. The van der Waals surface area contributed by atoms with Crippen LogP contribution < -0.4 is 0 Å². The fourth-order valence-electron chi connectivity index (χ4n) is 3.50. The lowest BCUT2D eigenvalue weighted by atomic mass is 9.84. The van der Waals surface area contributed by atoms with Crippen LogP contribution in [-0.2, 0) is 4.75 Å². The predicted molar refractivity (Wildman–Crippen MR) is 122 cm³/mol. The Balaban J connectivity index is 1.75. The minimum absolute atomic E-state index is 0.271. The second-order valence-corrected chi connectivity index (χ2v) is 7.87. The van der Waals surface area contributed by atoms with Gasteiger partial charge >= 0.3 is 0 Å². The number of thioether (sulfide) groups is 1. The van der Waals surface area contributed by atoms with Gasteiger partial charge in [0.25, 0.3) is 5.78 Å². The molecule has 1 aromatic heterocycles. The Kier molecular flexibility index (Phi) is 6.17. The molecule has 0 fully saturated rings. The molecule has 0 amide bonds. The van der Waals surface area contributed by atoms with Gasteiger partial charge in [-0.05, 0) is 34.7 Å². The van der Waals surface area contributed by atoms with Crippen molar-refractivity contribution in [2.45, 2.75) is 4.75 Å². The first-order valence-corrected chi connectivity index (χ1v) is 10.7. The van der Waals surface area contributed by atoms with E-state index in [1.807, 2.05) is 18.2 Å². The normalized spacial score (nSPS) is 10.8. The quantitative estimate of drug-likeness (QED) is 0.165. The Bertz CT molecular complexity index is 1040. The number of carbonyl (C=O) groups is 1. The molecule has 2 nitrogen and oxygen atoms in total. The molecule has 4 aromatic rings. The topological polar surface area (TPSA) is 30.2 Å². The van der Waals surface area contributed by atoms with Gasteiger partial charge in [-0.15, -0.1) is 11.8 Å². The van der Waals surface area contributed by atoms with E-state index < -0.39 is 4.75 Å². The van der Waals surface area contributed by atoms with Crippen LogP contribution in [0.4, 0.5) is 0 Å². The van der Waals surface area contributed by atoms with Gasteiger partial charge in [0.15, 0.2) is 5.76 Å². The number of Topliss-reactive ketones (excluding diaryl/α,β-unsaturated/α-hetero) is 1. The highest BCUT2D eigenvalue weighted by Gasteiger charge is 2.36. The summed E-state index contributed by atoms with van der Waals surface area (Å²) in [4.78, 5) is 12.2. The third-order valence-corrected chi connectivity index (χ3v) is 6.28. The van der Waals surface area contributed by atoms with Crippen molar-refractivity contribution in [3.8, 4) is 11.8 Å². The van der Waals surface area contributed by atoms with Gasteiger partial charge < -0.3 is 4.42 Å². The summed E-state index contributed by atoms with van der Waals surface area (Å²) in [5.41, 5.74) is 3.52. The van der Waals surface area contributed by atoms with Crippen LogP contribution in [0.15, 0.2) is 114 Å². The van der Waals surface area contributed by atoms with E-state index in [0.717, 1.165) is 0 Å². The minimum atomic E-state index is -0.438. The molecule has 0 saturated heterocycles. The van der Waals surface area contributed by atoms with Crippen molar-refractivity contribution >= 4 is 17.5 Å². The zero-order valence-corrected chi connectivity index (χ0v) is 17.1. The van der Waals surface area contributed by atoms with Crippen LogP contribution in [0.25, 0.3) is 0 Å². The first kappa shape index (κ1) is 19.8. The van der Waals surface area contributed by atoms with Gasteiger partial charge in [0.1, 0.15) is 0 Å². The Labute approximate surface area is 181 Å². The number of rotatable bonds is 6. The maximum atomic E-state index is 12.2. The van der Waals surface area contributed by atoms with Crippen LogP contribution in [0.2, 0.25) is 0 Å². The van der Waals surface area contributed by atoms with Gasteiger partial charge in [0.05, 0.1) is 16.8 Å². The zero-order valence-electron chi connectivity index (χ0n) is 16.3. The minimum Gasteiger partial charge on any atom is -0.460 e. The molecule has 0 atom stereocenters. The average Bonchev–Trinajstić information content (AvgIpc) is 3.36. The lowest BCUT2D eigenvalue weighted by Gasteiger charge is -2.35. The molecular formula is C27H20O2S. The van der Waals surface area contributed by atoms with Gasteiger partial charge in [-0.25, -0.2) is 0 Å². The van der Waals surface area contributed by atoms with Crippen LogP contribution in [0.5, 0.6) is 0 Å². The van der Waals surface area contributed by atoms with Crippen molar-refractivity contribution in [2.75, 3.05) is 5.75 Å². The van der Waals surface area contributed by atoms with Crippen LogP contribution in [0.1, 0.15) is 27.2 Å². The highest BCUT2D eigenvalue weighted by atomic mass is 32.2. The van der Waals surface area contributed by atoms with E-state index >= 15 is 0 Å². The van der Waals surface area contributed by atoms with E-state index in [-0.39, 0.29) is 11.5 Å². The lowest BCUT2D eigenvalue weighted by Crippen LogP contribution is -2.26. The molecule has 4 rings (SSSR count). The Morgan fingerprint density at radius 1 is 0.733 bits per heavy atom. The summed E-state index contributed by atoms with van der Waals surface area (Å²) in [5, 5.41) is 0. The molecule has 0 bridgehead atoms. The Morgan fingerprint density at radius 2 is 1.23 bits per heavy atom. The van der Waals surface area contributed by atoms with Crippen molar-refractivity contribution < 1.29 is 9.21 Å². The summed E-state index contributed by atoms with van der Waals surface area (Å²) < 4.78 is 4.70. The summed E-state index contributed by atoms with van der Waals surface area (Å²) in [6, 6.07) is 34.6. The molecular weight excluding hydrogens is 388 g/mol. The molecule has 3 aromatic carbocycles. The van der Waals surface area contributed by atoms with Crippen molar-refractivity contribution in [1.82, 2.24) is 0 Å². The van der Waals surface area contributed by atoms with Gasteiger partial charge in [-0.1, -0.05) is 96.9 Å². The number of carbonyl (C=O) groups excluding carboxylic acids is 1. The van der Waals surface area contributed by atoms with Gasteiger partial charge in [-0.2, -0.15) is 0 Å². The van der Waals surface area contributed by atoms with Crippen LogP contribution in [-0.4, -0.2) is 11.5 Å². The van der Waals surface area contributed by atoms with E-state index in [9.17, 15) is 4.79 Å². The molecule has 30 heavy (non-hydrogen) atoms. The van der Waals surface area contributed by atoms with Crippen LogP contribution in [0, 0.1) is 11.8 Å². The smallest absolute Gasteiger partial charge is 0.271 e. The Hall–Kier alpha value is -3.48. The largest absolute Gasteiger partial charge is 0.460 e. The first-order chi connectivity index (χ1) is 14.8. The standard InChI is InChI=1S/C27H20O2S/c28-25(26-19-10-20-29-26)18-11-21-30-27(22-12-4-1-5-13-22,23-14-6-2-7-15-23)24-16-8-3-9-17-24/h1-10,12-17,19-20H,21H2. The highest BCUT2D eigenvalue weighted by molar-refractivity contribution is 8.00. The first-order valence-electron chi connectivity index (χ1n) is 9.68. The summed E-state index contributed by atoms with van der Waals surface area (Å²) in [7, 11) is 0. The number of hydrogen-bond acceptors (Lipinski definition) is 3. The molecule has 146 valence electrons. The molecule has 0 aliphatic rings. The lowest BCUT2D eigenvalue weighted by molar-refractivity contribution is 0.103. The van der Waals surface area contributed by atoms with Crippen molar-refractivity contribution in [3.63, 3.8) is 0 Å². The molecule has 1 heterocycles. The maximum Gasteiger partial charge on any atom is 0.271 e. The van der Waals surface area contributed by atoms with Crippen molar-refractivity contribution in [2.24, 2.45) is 0 Å². The number of ketones is 1. The third-order valence-electron chi connectivity index (χ3n) is 4.85. The summed E-state index contributed by atoms with van der Waals surface area (Å²) >= 11 is 1.71. The Morgan fingerprint density at radius 3 is 1.67 bits per heavy atom. The monoisotopic (exact) mass is 408 g/mol. The molecule has 0 aliphatic carbocycles. The summed E-state index contributed by atoms with van der Waals surface area (Å²) in [5.74, 6) is 6.21. The van der Waals surface area contributed by atoms with E-state index in [2.05, 4.69) is 84.6 Å². The molecule has 0 N–H and O–H groups in total. The van der Waals surface area contributed by atoms with Crippen molar-refractivity contribution in [3.05, 3.63) is 132 Å². The second kappa shape index (κ2) is 9.35. The fourth-order valence-corrected chi connectivity index (χ4v) is 4.77. The molecule has 0 unspecified atom stereocenters. The second-order valence-electron chi connectivity index (χ2n) is 6.68. The molecule has 0 radical (unpaired) electrons. The third kappa shape index (κ3) is 4.10. The SMILES string of the molecule is O=C(C#CCSC(c1ccccc1)(c1ccccc1)c1ccccc1)c1ccco1. The number of hydrogen-bond donors (Lipinski definition) is 0. The van der Waals surface area contributed by atoms with Gasteiger partial charge in [0.2, 0.25) is 0 Å². The van der Waals surface area contributed by atoms with Crippen molar-refractivity contribution in [1.29, 1.82) is 0 Å². The molecule has 0 saturated carbocycles. The van der Waals surface area contributed by atoms with Gasteiger partial charge in [-0.3, -0.25) is 4.79 Å². The molecule has 3 heteroatoms. The van der Waals surface area contributed by atoms with Crippen LogP contribution >= 0.6 is 11.8 Å². The van der Waals surface area contributed by atoms with E-state index in [1.54, 1.807) is 23.9 Å². The summed E-state index contributed by atoms with van der Waals surface area (Å²) in [6.07, 6.45) is 1.48. The predicted octanol–water partition coefficient (Wildman–Crippen LogP) is 6.19. The fraction of sp³-hybridized carbons (Fsp3) is 0.0741. The highest BCUT2D eigenvalue weighted by Crippen LogP contribution is 2.48. The molecule has 0 spiro atoms.